The maximum absolute atomic E-state index is 11.3. The Kier molecular flexibility index (Phi) is 11.7. The molecule has 0 aromatic rings. The van der Waals surface area contributed by atoms with Gasteiger partial charge in [0.05, 0.1) is 0 Å². The number of esters is 1. The van der Waals surface area contributed by atoms with E-state index in [1.807, 2.05) is 6.92 Å². The van der Waals surface area contributed by atoms with E-state index in [4.69, 9.17) is 4.74 Å². The number of unbranched alkanes of at least 4 members (excludes halogenated alkanes) is 3. The van der Waals surface area contributed by atoms with Crippen LogP contribution in [0.4, 0.5) is 0 Å². The monoisotopic (exact) mass is 269 g/mol. The molecule has 1 N–H and O–H groups in total. The maximum atomic E-state index is 11.3. The van der Waals surface area contributed by atoms with E-state index >= 15 is 0 Å². The summed E-state index contributed by atoms with van der Waals surface area (Å²) < 4.78 is 5.30. The van der Waals surface area contributed by atoms with Crippen LogP contribution in [0, 0.1) is 0 Å². The second-order valence-electron chi connectivity index (χ2n) is 5.04. The Morgan fingerprint density at radius 2 is 1.79 bits per heavy atom. The minimum atomic E-state index is -0.345. The molecule has 112 valence electrons. The van der Waals surface area contributed by atoms with Crippen molar-refractivity contribution in [2.24, 2.45) is 0 Å². The molecule has 2 unspecified atom stereocenters. The van der Waals surface area contributed by atoms with Crippen molar-refractivity contribution in [3.8, 4) is 0 Å². The largest absolute Gasteiger partial charge is 0.443 e. The highest BCUT2D eigenvalue weighted by Gasteiger charge is 2.15. The van der Waals surface area contributed by atoms with Gasteiger partial charge in [-0.1, -0.05) is 59.5 Å². The van der Waals surface area contributed by atoms with Crippen LogP contribution in [-0.2, 0) is 9.53 Å². The van der Waals surface area contributed by atoms with Gasteiger partial charge in [-0.2, -0.15) is 0 Å². The average molecular weight is 269 g/mol. The molecule has 0 fully saturated rings. The molecule has 0 aliphatic carbocycles. The van der Waals surface area contributed by atoms with Crippen molar-refractivity contribution in [2.45, 2.75) is 84.4 Å². The van der Waals surface area contributed by atoms with Gasteiger partial charge in [-0.15, -0.1) is 0 Å². The van der Waals surface area contributed by atoms with Crippen LogP contribution in [0.25, 0.3) is 0 Å². The predicted octanol–water partition coefficient (Wildman–Crippen LogP) is 4.18. The second-order valence-corrected chi connectivity index (χ2v) is 5.04. The van der Waals surface area contributed by atoms with Gasteiger partial charge in [-0.25, -0.2) is 4.79 Å². The molecule has 0 bridgehead atoms. The summed E-state index contributed by atoms with van der Waals surface area (Å²) >= 11 is 0. The van der Waals surface area contributed by atoms with Gasteiger partial charge in [0, 0.05) is 12.1 Å². The number of hydrogen-bond acceptors (Lipinski definition) is 3. The van der Waals surface area contributed by atoms with Crippen LogP contribution < -0.4 is 5.32 Å². The van der Waals surface area contributed by atoms with Crippen LogP contribution in [0.1, 0.15) is 72.1 Å². The molecule has 0 rings (SSSR count). The van der Waals surface area contributed by atoms with E-state index in [2.05, 4.69) is 25.7 Å². The van der Waals surface area contributed by atoms with Crippen molar-refractivity contribution in [1.29, 1.82) is 0 Å². The van der Waals surface area contributed by atoms with Crippen LogP contribution in [0.3, 0.4) is 0 Å². The normalized spacial score (nSPS) is 13.8. The van der Waals surface area contributed by atoms with Crippen LogP contribution in [0.2, 0.25) is 0 Å². The van der Waals surface area contributed by atoms with Gasteiger partial charge < -0.3 is 4.74 Å². The Morgan fingerprint density at radius 3 is 2.32 bits per heavy atom. The van der Waals surface area contributed by atoms with Crippen molar-refractivity contribution < 1.29 is 9.53 Å². The van der Waals surface area contributed by atoms with Gasteiger partial charge in [0.15, 0.2) is 6.23 Å². The smallest absolute Gasteiger partial charge is 0.331 e. The Bertz CT molecular complexity index is 241. The van der Waals surface area contributed by atoms with Gasteiger partial charge in [-0.3, -0.25) is 5.32 Å². The first-order chi connectivity index (χ1) is 9.17. The minimum absolute atomic E-state index is 0.186. The van der Waals surface area contributed by atoms with Gasteiger partial charge in [-0.05, 0) is 19.3 Å². The quantitative estimate of drug-likeness (QED) is 0.250. The molecule has 0 aliphatic heterocycles. The van der Waals surface area contributed by atoms with Crippen molar-refractivity contribution >= 4 is 5.97 Å². The number of rotatable bonds is 12. The molecule has 0 saturated carbocycles. The van der Waals surface area contributed by atoms with Crippen molar-refractivity contribution in [3.63, 3.8) is 0 Å². The standard InChI is InChI=1S/C16H31NO2/c1-5-9-11-13-14(12-10-6-2)17-15(7-3)19-16(18)8-4/h8,14-15,17H,4-7,9-13H2,1-3H3. The summed E-state index contributed by atoms with van der Waals surface area (Å²) in [6, 6.07) is 0.453. The number of carbonyl (C=O) groups is 1. The third-order valence-electron chi connectivity index (χ3n) is 3.28. The lowest BCUT2D eigenvalue weighted by Crippen LogP contribution is -2.40. The molecular formula is C16H31NO2. The number of nitrogens with one attached hydrogen (secondary N) is 1. The minimum Gasteiger partial charge on any atom is -0.443 e. The summed E-state index contributed by atoms with van der Waals surface area (Å²) in [5, 5.41) is 3.47. The first-order valence-corrected chi connectivity index (χ1v) is 7.76. The van der Waals surface area contributed by atoms with Gasteiger partial charge in [0.2, 0.25) is 0 Å². The van der Waals surface area contributed by atoms with E-state index in [-0.39, 0.29) is 12.2 Å². The summed E-state index contributed by atoms with van der Waals surface area (Å²) in [7, 11) is 0. The van der Waals surface area contributed by atoms with Crippen molar-refractivity contribution in [3.05, 3.63) is 12.7 Å². The lowest BCUT2D eigenvalue weighted by molar-refractivity contribution is -0.145. The number of carbonyl (C=O) groups excluding carboxylic acids is 1. The molecule has 0 aromatic heterocycles. The zero-order valence-electron chi connectivity index (χ0n) is 12.9. The molecule has 3 heteroatoms. The summed E-state index contributed by atoms with van der Waals surface area (Å²) in [4.78, 5) is 11.3. The molecule has 0 aliphatic rings. The third kappa shape index (κ3) is 9.71. The molecule has 19 heavy (non-hydrogen) atoms. The first-order valence-electron chi connectivity index (χ1n) is 7.76. The number of hydrogen-bond donors (Lipinski definition) is 1. The van der Waals surface area contributed by atoms with E-state index < -0.39 is 0 Å². The molecule has 0 saturated heterocycles. The summed E-state index contributed by atoms with van der Waals surface area (Å²) in [6.07, 6.45) is 10.3. The molecule has 0 radical (unpaired) electrons. The van der Waals surface area contributed by atoms with Crippen molar-refractivity contribution in [2.75, 3.05) is 0 Å². The molecule has 0 aromatic carbocycles. The lowest BCUT2D eigenvalue weighted by atomic mass is 10.0. The van der Waals surface area contributed by atoms with Crippen LogP contribution in [0.5, 0.6) is 0 Å². The summed E-state index contributed by atoms with van der Waals surface area (Å²) in [5.74, 6) is -0.345. The van der Waals surface area contributed by atoms with E-state index in [1.165, 1.54) is 38.2 Å². The molecule has 0 spiro atoms. The maximum Gasteiger partial charge on any atom is 0.331 e. The Balaban J connectivity index is 4.22. The van der Waals surface area contributed by atoms with E-state index in [1.54, 1.807) is 0 Å². The zero-order chi connectivity index (χ0) is 14.5. The van der Waals surface area contributed by atoms with Crippen LogP contribution in [0.15, 0.2) is 12.7 Å². The molecular weight excluding hydrogens is 238 g/mol. The lowest BCUT2D eigenvalue weighted by Gasteiger charge is -2.24. The SMILES string of the molecule is C=CC(=O)OC(CC)NC(CCCC)CCCCC. The second kappa shape index (κ2) is 12.2. The van der Waals surface area contributed by atoms with Gasteiger partial charge in [0.1, 0.15) is 0 Å². The fourth-order valence-electron chi connectivity index (χ4n) is 2.09. The highest BCUT2D eigenvalue weighted by molar-refractivity contribution is 5.81. The Labute approximate surface area is 118 Å². The molecule has 0 amide bonds. The molecule has 2 atom stereocenters. The van der Waals surface area contributed by atoms with Crippen LogP contribution in [-0.4, -0.2) is 18.2 Å². The fraction of sp³-hybridized carbons (Fsp3) is 0.812. The Morgan fingerprint density at radius 1 is 1.16 bits per heavy atom. The summed E-state index contributed by atoms with van der Waals surface area (Å²) in [6.45, 7) is 9.88. The molecule has 0 heterocycles. The van der Waals surface area contributed by atoms with Crippen LogP contribution >= 0.6 is 0 Å². The zero-order valence-corrected chi connectivity index (χ0v) is 12.9. The predicted molar refractivity (Wildman–Crippen MR) is 81.0 cm³/mol. The summed E-state index contributed by atoms with van der Waals surface area (Å²) in [5.41, 5.74) is 0. The average Bonchev–Trinajstić information content (AvgIpc) is 2.43. The topological polar surface area (TPSA) is 38.3 Å². The van der Waals surface area contributed by atoms with Crippen molar-refractivity contribution in [1.82, 2.24) is 5.32 Å². The highest BCUT2D eigenvalue weighted by atomic mass is 16.6. The number of ether oxygens (including phenoxy) is 1. The first kappa shape index (κ1) is 18.2. The van der Waals surface area contributed by atoms with E-state index in [0.29, 0.717) is 6.04 Å². The fourth-order valence-corrected chi connectivity index (χ4v) is 2.09. The third-order valence-corrected chi connectivity index (χ3v) is 3.28. The van der Waals surface area contributed by atoms with E-state index in [9.17, 15) is 4.79 Å². The van der Waals surface area contributed by atoms with Gasteiger partial charge in [0.25, 0.3) is 0 Å². The Hall–Kier alpha value is -0.830. The van der Waals surface area contributed by atoms with E-state index in [0.717, 1.165) is 19.3 Å². The van der Waals surface area contributed by atoms with Gasteiger partial charge >= 0.3 is 5.97 Å². The highest BCUT2D eigenvalue weighted by Crippen LogP contribution is 2.12. The molecule has 3 nitrogen and oxygen atoms in total.